The van der Waals surface area contributed by atoms with Crippen LogP contribution in [0.2, 0.25) is 0 Å². The number of carbonyl (C=O) groups is 2. The Hall–Kier alpha value is -1.92. The maximum atomic E-state index is 11.6. The van der Waals surface area contributed by atoms with E-state index in [1.165, 1.54) is 0 Å². The Morgan fingerprint density at radius 3 is 2.67 bits per heavy atom. The minimum Gasteiger partial charge on any atom is -0.479 e. The number of rotatable bonds is 4. The number of benzene rings is 1. The SMILES string of the molecule is O=C(OC[C@@H]1OC[C@H](C(=O)O)O1)c1ccccc1. The number of carboxylic acid groups (broad SMARTS) is 1. The lowest BCUT2D eigenvalue weighted by Crippen LogP contribution is -2.25. The van der Waals surface area contributed by atoms with E-state index in [1.54, 1.807) is 30.3 Å². The van der Waals surface area contributed by atoms with Crippen molar-refractivity contribution >= 4 is 11.9 Å². The van der Waals surface area contributed by atoms with Crippen LogP contribution in [-0.4, -0.2) is 42.7 Å². The highest BCUT2D eigenvalue weighted by Crippen LogP contribution is 2.12. The molecule has 0 spiro atoms. The predicted octanol–water partition coefficient (Wildman–Crippen LogP) is 0.669. The quantitative estimate of drug-likeness (QED) is 0.793. The molecule has 1 N–H and O–H groups in total. The molecule has 1 fully saturated rings. The minimum atomic E-state index is -1.09. The van der Waals surface area contributed by atoms with Crippen molar-refractivity contribution in [1.82, 2.24) is 0 Å². The van der Waals surface area contributed by atoms with E-state index >= 15 is 0 Å². The predicted molar refractivity (Wildman–Crippen MR) is 59.0 cm³/mol. The van der Waals surface area contributed by atoms with E-state index in [9.17, 15) is 9.59 Å². The molecule has 1 aliphatic rings. The van der Waals surface area contributed by atoms with Crippen LogP contribution in [0, 0.1) is 0 Å². The van der Waals surface area contributed by atoms with Crippen LogP contribution in [0.3, 0.4) is 0 Å². The largest absolute Gasteiger partial charge is 0.479 e. The third-order valence-electron chi connectivity index (χ3n) is 2.38. The van der Waals surface area contributed by atoms with E-state index in [0.29, 0.717) is 5.56 Å². The third kappa shape index (κ3) is 3.06. The van der Waals surface area contributed by atoms with Gasteiger partial charge in [-0.3, -0.25) is 0 Å². The zero-order valence-electron chi connectivity index (χ0n) is 9.44. The molecule has 0 aromatic heterocycles. The molecule has 1 aromatic carbocycles. The molecule has 18 heavy (non-hydrogen) atoms. The van der Waals surface area contributed by atoms with Gasteiger partial charge in [0.2, 0.25) is 0 Å². The topological polar surface area (TPSA) is 82.1 Å². The van der Waals surface area contributed by atoms with Gasteiger partial charge in [-0.1, -0.05) is 18.2 Å². The lowest BCUT2D eigenvalue weighted by atomic mass is 10.2. The Morgan fingerprint density at radius 2 is 2.06 bits per heavy atom. The summed E-state index contributed by atoms with van der Waals surface area (Å²) in [4.78, 5) is 22.2. The summed E-state index contributed by atoms with van der Waals surface area (Å²) in [7, 11) is 0. The van der Waals surface area contributed by atoms with E-state index in [1.807, 2.05) is 0 Å². The van der Waals surface area contributed by atoms with Crippen LogP contribution >= 0.6 is 0 Å². The second-order valence-electron chi connectivity index (χ2n) is 3.69. The Labute approximate surface area is 103 Å². The second kappa shape index (κ2) is 5.61. The van der Waals surface area contributed by atoms with Crippen molar-refractivity contribution < 1.29 is 28.9 Å². The fourth-order valence-electron chi connectivity index (χ4n) is 1.47. The number of aliphatic carboxylic acids is 1. The zero-order chi connectivity index (χ0) is 13.0. The van der Waals surface area contributed by atoms with Gasteiger partial charge in [-0.25, -0.2) is 9.59 Å². The van der Waals surface area contributed by atoms with Crippen molar-refractivity contribution in [2.75, 3.05) is 13.2 Å². The van der Waals surface area contributed by atoms with Crippen molar-refractivity contribution in [3.8, 4) is 0 Å². The molecule has 1 heterocycles. The average molecular weight is 252 g/mol. The van der Waals surface area contributed by atoms with E-state index in [-0.39, 0.29) is 13.2 Å². The van der Waals surface area contributed by atoms with Crippen LogP contribution < -0.4 is 0 Å². The molecular formula is C12H12O6. The van der Waals surface area contributed by atoms with E-state index < -0.39 is 24.3 Å². The number of ether oxygens (including phenoxy) is 3. The number of carbonyl (C=O) groups excluding carboxylic acids is 1. The highest BCUT2D eigenvalue weighted by molar-refractivity contribution is 5.89. The van der Waals surface area contributed by atoms with E-state index in [2.05, 4.69) is 0 Å². The van der Waals surface area contributed by atoms with Crippen molar-refractivity contribution in [2.45, 2.75) is 12.4 Å². The molecule has 96 valence electrons. The summed E-state index contributed by atoms with van der Waals surface area (Å²) in [5, 5.41) is 8.67. The Bertz CT molecular complexity index is 429. The Kier molecular flexibility index (Phi) is 3.91. The van der Waals surface area contributed by atoms with Gasteiger partial charge in [0.05, 0.1) is 12.2 Å². The van der Waals surface area contributed by atoms with Crippen molar-refractivity contribution in [3.05, 3.63) is 35.9 Å². The van der Waals surface area contributed by atoms with Crippen molar-refractivity contribution in [2.24, 2.45) is 0 Å². The van der Waals surface area contributed by atoms with Gasteiger partial charge in [-0.05, 0) is 12.1 Å². The lowest BCUT2D eigenvalue weighted by molar-refractivity contribution is -0.152. The Balaban J connectivity index is 1.79. The Morgan fingerprint density at radius 1 is 1.33 bits per heavy atom. The highest BCUT2D eigenvalue weighted by atomic mass is 16.7. The number of carboxylic acids is 1. The van der Waals surface area contributed by atoms with Gasteiger partial charge in [-0.2, -0.15) is 0 Å². The molecule has 0 aliphatic carbocycles. The summed E-state index contributed by atoms with van der Waals surface area (Å²) in [5.74, 6) is -1.59. The van der Waals surface area contributed by atoms with Crippen LogP contribution in [0.1, 0.15) is 10.4 Å². The highest BCUT2D eigenvalue weighted by Gasteiger charge is 2.32. The summed E-state index contributed by atoms with van der Waals surface area (Å²) < 4.78 is 15.0. The monoisotopic (exact) mass is 252 g/mol. The summed E-state index contributed by atoms with van der Waals surface area (Å²) in [6, 6.07) is 8.48. The number of esters is 1. The summed E-state index contributed by atoms with van der Waals surface area (Å²) >= 11 is 0. The molecule has 0 radical (unpaired) electrons. The smallest absolute Gasteiger partial charge is 0.338 e. The molecule has 6 heteroatoms. The molecule has 0 bridgehead atoms. The molecule has 0 amide bonds. The molecule has 0 unspecified atom stereocenters. The first-order chi connectivity index (χ1) is 8.66. The van der Waals surface area contributed by atoms with Gasteiger partial charge in [0.25, 0.3) is 0 Å². The second-order valence-corrected chi connectivity index (χ2v) is 3.69. The maximum Gasteiger partial charge on any atom is 0.338 e. The summed E-state index contributed by atoms with van der Waals surface area (Å²) in [5.41, 5.74) is 0.422. The molecule has 1 aromatic rings. The minimum absolute atomic E-state index is 0.0388. The first kappa shape index (κ1) is 12.5. The molecule has 2 rings (SSSR count). The van der Waals surface area contributed by atoms with E-state index in [0.717, 1.165) is 0 Å². The molecule has 0 saturated carbocycles. The molecular weight excluding hydrogens is 240 g/mol. The number of hydrogen-bond donors (Lipinski definition) is 1. The summed E-state index contributed by atoms with van der Waals surface area (Å²) in [6.07, 6.45) is -1.82. The average Bonchev–Trinajstić information content (AvgIpc) is 2.86. The first-order valence-corrected chi connectivity index (χ1v) is 5.39. The standard InChI is InChI=1S/C12H12O6/c13-11(14)9-6-16-10(18-9)7-17-12(15)8-4-2-1-3-5-8/h1-5,9-10H,6-7H2,(H,13,14)/t9-,10-/m1/s1. The van der Waals surface area contributed by atoms with Gasteiger partial charge in [-0.15, -0.1) is 0 Å². The van der Waals surface area contributed by atoms with Crippen LogP contribution in [0.15, 0.2) is 30.3 Å². The molecule has 1 saturated heterocycles. The molecule has 6 nitrogen and oxygen atoms in total. The molecule has 2 atom stereocenters. The van der Waals surface area contributed by atoms with Gasteiger partial charge in [0, 0.05) is 0 Å². The third-order valence-corrected chi connectivity index (χ3v) is 2.38. The van der Waals surface area contributed by atoms with Crippen LogP contribution in [0.25, 0.3) is 0 Å². The molecule has 1 aliphatic heterocycles. The van der Waals surface area contributed by atoms with Crippen LogP contribution in [-0.2, 0) is 19.0 Å². The fourth-order valence-corrected chi connectivity index (χ4v) is 1.47. The van der Waals surface area contributed by atoms with Gasteiger partial charge < -0.3 is 19.3 Å². The lowest BCUT2D eigenvalue weighted by Gasteiger charge is -2.10. The van der Waals surface area contributed by atoms with E-state index in [4.69, 9.17) is 19.3 Å². The van der Waals surface area contributed by atoms with Crippen LogP contribution in [0.4, 0.5) is 0 Å². The number of hydrogen-bond acceptors (Lipinski definition) is 5. The van der Waals surface area contributed by atoms with Crippen molar-refractivity contribution in [1.29, 1.82) is 0 Å². The first-order valence-electron chi connectivity index (χ1n) is 5.39. The maximum absolute atomic E-state index is 11.6. The summed E-state index contributed by atoms with van der Waals surface area (Å²) in [6.45, 7) is -0.166. The fraction of sp³-hybridized carbons (Fsp3) is 0.333. The van der Waals surface area contributed by atoms with Crippen LogP contribution in [0.5, 0.6) is 0 Å². The van der Waals surface area contributed by atoms with Gasteiger partial charge in [0.15, 0.2) is 12.4 Å². The normalized spacial score (nSPS) is 22.7. The van der Waals surface area contributed by atoms with Gasteiger partial charge >= 0.3 is 11.9 Å². The van der Waals surface area contributed by atoms with Gasteiger partial charge in [0.1, 0.15) is 6.61 Å². The van der Waals surface area contributed by atoms with Crippen molar-refractivity contribution in [3.63, 3.8) is 0 Å². The zero-order valence-corrected chi connectivity index (χ0v) is 9.44.